The number of nitrogens with zero attached hydrogens (tertiary/aromatic N) is 3. The Labute approximate surface area is 115 Å². The van der Waals surface area contributed by atoms with E-state index in [0.717, 1.165) is 0 Å². The van der Waals surface area contributed by atoms with Crippen molar-refractivity contribution in [2.24, 2.45) is 0 Å². The predicted molar refractivity (Wildman–Crippen MR) is 70.5 cm³/mol. The number of hydrogen-bond acceptors (Lipinski definition) is 5. The number of carboxylic acid groups (broad SMARTS) is 1. The Morgan fingerprint density at radius 3 is 2.90 bits per heavy atom. The first-order chi connectivity index (χ1) is 9.45. The Balaban J connectivity index is 1.91. The van der Waals surface area contributed by atoms with Crippen LogP contribution in [0.25, 0.3) is 5.65 Å². The molecule has 1 saturated heterocycles. The van der Waals surface area contributed by atoms with Crippen LogP contribution in [0.1, 0.15) is 29.0 Å². The molecule has 1 aliphatic rings. The molecule has 0 aromatic carbocycles. The van der Waals surface area contributed by atoms with Crippen LogP contribution in [0.5, 0.6) is 0 Å². The zero-order chi connectivity index (χ0) is 14.3. The van der Waals surface area contributed by atoms with Gasteiger partial charge in [-0.3, -0.25) is 0 Å². The van der Waals surface area contributed by atoms with E-state index in [2.05, 4.69) is 10.1 Å². The number of fused-ring (bicyclic) bond motifs is 1. The van der Waals surface area contributed by atoms with Gasteiger partial charge in [-0.1, -0.05) is 0 Å². The summed E-state index contributed by atoms with van der Waals surface area (Å²) in [7, 11) is -3.03. The highest BCUT2D eigenvalue weighted by Gasteiger charge is 2.32. The molecule has 0 radical (unpaired) electrons. The largest absolute Gasteiger partial charge is 0.478 e. The second-order valence-corrected chi connectivity index (χ2v) is 7.29. The molecule has 20 heavy (non-hydrogen) atoms. The molecule has 2 aromatic rings. The first-order valence-electron chi connectivity index (χ1n) is 6.26. The van der Waals surface area contributed by atoms with Crippen LogP contribution in [-0.2, 0) is 16.3 Å². The van der Waals surface area contributed by atoms with Gasteiger partial charge in [-0.25, -0.2) is 22.7 Å². The van der Waals surface area contributed by atoms with Gasteiger partial charge in [0, 0.05) is 12.6 Å². The fourth-order valence-corrected chi connectivity index (χ4v) is 4.26. The molecule has 2 aromatic heterocycles. The van der Waals surface area contributed by atoms with Crippen LogP contribution >= 0.6 is 0 Å². The maximum Gasteiger partial charge on any atom is 0.337 e. The van der Waals surface area contributed by atoms with E-state index in [1.165, 1.54) is 16.8 Å². The number of aromatic nitrogens is 3. The van der Waals surface area contributed by atoms with Gasteiger partial charge in [0.05, 0.1) is 16.6 Å². The summed E-state index contributed by atoms with van der Waals surface area (Å²) in [6, 6.07) is 3.01. The number of carboxylic acids is 1. The second kappa shape index (κ2) is 4.55. The summed E-state index contributed by atoms with van der Waals surface area (Å²) in [5, 5.41) is 12.7. The van der Waals surface area contributed by atoms with Gasteiger partial charge in [0.1, 0.15) is 0 Å². The summed E-state index contributed by atoms with van der Waals surface area (Å²) >= 11 is 0. The Hall–Kier alpha value is -1.96. The Kier molecular flexibility index (Phi) is 2.97. The maximum absolute atomic E-state index is 11.8. The predicted octanol–water partition coefficient (Wildman–Crippen LogP) is 0.547. The molecule has 3 rings (SSSR count). The maximum atomic E-state index is 11.8. The Bertz CT molecular complexity index is 781. The van der Waals surface area contributed by atoms with Crippen molar-refractivity contribution in [3.8, 4) is 0 Å². The minimum Gasteiger partial charge on any atom is -0.478 e. The number of hydrogen-bond donors (Lipinski definition) is 1. The molecule has 1 fully saturated rings. The van der Waals surface area contributed by atoms with Gasteiger partial charge < -0.3 is 5.11 Å². The second-order valence-electron chi connectivity index (χ2n) is 4.89. The van der Waals surface area contributed by atoms with Crippen molar-refractivity contribution in [2.75, 3.05) is 5.75 Å². The number of carbonyl (C=O) groups is 1. The summed E-state index contributed by atoms with van der Waals surface area (Å²) in [6.07, 6.45) is 2.98. The zero-order valence-corrected chi connectivity index (χ0v) is 11.4. The van der Waals surface area contributed by atoms with Crippen molar-refractivity contribution in [3.63, 3.8) is 0 Å². The molecule has 0 spiro atoms. The molecule has 0 amide bonds. The third kappa shape index (κ3) is 2.26. The van der Waals surface area contributed by atoms with Crippen LogP contribution in [0, 0.1) is 0 Å². The van der Waals surface area contributed by atoms with Gasteiger partial charge in [0.15, 0.2) is 21.3 Å². The average Bonchev–Trinajstić information content (AvgIpc) is 2.92. The smallest absolute Gasteiger partial charge is 0.337 e. The van der Waals surface area contributed by atoms with Crippen LogP contribution in [0.2, 0.25) is 0 Å². The first-order valence-corrected chi connectivity index (χ1v) is 7.97. The highest BCUT2D eigenvalue weighted by Crippen LogP contribution is 2.22. The SMILES string of the molecule is O=C(O)c1ccc2nc(CC3CCCS3(=O)=O)nn2c1. The van der Waals surface area contributed by atoms with Crippen LogP contribution in [0.3, 0.4) is 0 Å². The van der Waals surface area contributed by atoms with Crippen LogP contribution in [-0.4, -0.2) is 45.1 Å². The van der Waals surface area contributed by atoms with E-state index in [9.17, 15) is 13.2 Å². The van der Waals surface area contributed by atoms with Crippen molar-refractivity contribution >= 4 is 21.5 Å². The van der Waals surface area contributed by atoms with Crippen LogP contribution < -0.4 is 0 Å². The van der Waals surface area contributed by atoms with E-state index in [1.54, 1.807) is 6.07 Å². The molecule has 1 N–H and O–H groups in total. The van der Waals surface area contributed by atoms with Crippen molar-refractivity contribution in [2.45, 2.75) is 24.5 Å². The molecule has 0 aliphatic carbocycles. The molecule has 106 valence electrons. The average molecular weight is 295 g/mol. The van der Waals surface area contributed by atoms with Crippen molar-refractivity contribution < 1.29 is 18.3 Å². The van der Waals surface area contributed by atoms with Crippen LogP contribution in [0.15, 0.2) is 18.3 Å². The highest BCUT2D eigenvalue weighted by atomic mass is 32.2. The Morgan fingerprint density at radius 1 is 1.45 bits per heavy atom. The van der Waals surface area contributed by atoms with Gasteiger partial charge in [-0.15, -0.1) is 0 Å². The lowest BCUT2D eigenvalue weighted by atomic mass is 10.2. The molecule has 1 unspecified atom stereocenters. The minimum absolute atomic E-state index is 0.113. The summed E-state index contributed by atoms with van der Waals surface area (Å²) in [5.74, 6) is -0.376. The topological polar surface area (TPSA) is 102 Å². The van der Waals surface area contributed by atoms with Gasteiger partial charge in [-0.05, 0) is 25.0 Å². The summed E-state index contributed by atoms with van der Waals surface area (Å²) in [5.41, 5.74) is 0.628. The normalized spacial score (nSPS) is 21.3. The van der Waals surface area contributed by atoms with E-state index < -0.39 is 21.1 Å². The fourth-order valence-electron chi connectivity index (χ4n) is 2.43. The molecule has 1 aliphatic heterocycles. The molecule has 3 heterocycles. The van der Waals surface area contributed by atoms with Crippen molar-refractivity contribution in [1.82, 2.24) is 14.6 Å². The van der Waals surface area contributed by atoms with Crippen molar-refractivity contribution in [3.05, 3.63) is 29.7 Å². The molecular weight excluding hydrogens is 282 g/mol. The standard InChI is InChI=1S/C12H13N3O4S/c16-12(17)8-3-4-11-13-10(14-15(11)7-8)6-9-2-1-5-20(9,18)19/h3-4,7,9H,1-2,5-6H2,(H,16,17). The van der Waals surface area contributed by atoms with Crippen molar-refractivity contribution in [1.29, 1.82) is 0 Å². The highest BCUT2D eigenvalue weighted by molar-refractivity contribution is 7.92. The third-order valence-corrected chi connectivity index (χ3v) is 5.77. The van der Waals surface area contributed by atoms with E-state index in [0.29, 0.717) is 24.3 Å². The Morgan fingerprint density at radius 2 is 2.25 bits per heavy atom. The zero-order valence-electron chi connectivity index (χ0n) is 10.6. The van der Waals surface area contributed by atoms with E-state index in [-0.39, 0.29) is 17.7 Å². The molecule has 0 saturated carbocycles. The first kappa shape index (κ1) is 13.0. The van der Waals surface area contributed by atoms with Gasteiger partial charge in [0.25, 0.3) is 0 Å². The summed E-state index contributed by atoms with van der Waals surface area (Å²) in [4.78, 5) is 15.1. The number of aromatic carboxylic acids is 1. The van der Waals surface area contributed by atoms with E-state index in [4.69, 9.17) is 5.11 Å². The van der Waals surface area contributed by atoms with E-state index in [1.807, 2.05) is 0 Å². The molecule has 0 bridgehead atoms. The lowest BCUT2D eigenvalue weighted by molar-refractivity contribution is 0.0696. The number of pyridine rings is 1. The molecule has 1 atom stereocenters. The lowest BCUT2D eigenvalue weighted by Crippen LogP contribution is -2.19. The molecular formula is C12H13N3O4S. The lowest BCUT2D eigenvalue weighted by Gasteiger charge is -2.04. The summed E-state index contributed by atoms with van der Waals surface area (Å²) in [6.45, 7) is 0. The monoisotopic (exact) mass is 295 g/mol. The molecule has 7 nitrogen and oxygen atoms in total. The van der Waals surface area contributed by atoms with Crippen LogP contribution in [0.4, 0.5) is 0 Å². The number of sulfone groups is 1. The fraction of sp³-hybridized carbons (Fsp3) is 0.417. The minimum atomic E-state index is -3.03. The number of rotatable bonds is 3. The quantitative estimate of drug-likeness (QED) is 0.887. The van der Waals surface area contributed by atoms with Gasteiger partial charge in [-0.2, -0.15) is 5.10 Å². The van der Waals surface area contributed by atoms with Gasteiger partial charge in [0.2, 0.25) is 0 Å². The summed E-state index contributed by atoms with van der Waals surface area (Å²) < 4.78 is 24.9. The third-order valence-electron chi connectivity index (χ3n) is 3.49. The van der Waals surface area contributed by atoms with Gasteiger partial charge >= 0.3 is 5.97 Å². The molecule has 8 heteroatoms. The van der Waals surface area contributed by atoms with E-state index >= 15 is 0 Å².